The summed E-state index contributed by atoms with van der Waals surface area (Å²) in [6.45, 7) is 0.963. The van der Waals surface area contributed by atoms with E-state index >= 15 is 0 Å². The number of hydrogen-bond acceptors (Lipinski definition) is 3. The first-order valence-electron chi connectivity index (χ1n) is 8.33. The van der Waals surface area contributed by atoms with Gasteiger partial charge >= 0.3 is 5.97 Å². The van der Waals surface area contributed by atoms with E-state index in [4.69, 9.17) is 5.11 Å². The summed E-state index contributed by atoms with van der Waals surface area (Å²) >= 11 is 0. The second-order valence-electron chi connectivity index (χ2n) is 6.54. The van der Waals surface area contributed by atoms with Crippen molar-refractivity contribution in [3.63, 3.8) is 0 Å². The lowest BCUT2D eigenvalue weighted by atomic mass is 9.96. The molecule has 26 heavy (non-hydrogen) atoms. The van der Waals surface area contributed by atoms with Crippen molar-refractivity contribution < 1.29 is 19.5 Å². The van der Waals surface area contributed by atoms with Crippen molar-refractivity contribution in [1.82, 2.24) is 9.80 Å². The third kappa shape index (κ3) is 3.44. The Balaban J connectivity index is 1.78. The number of carboxylic acids is 1. The molecule has 0 spiro atoms. The maximum Gasteiger partial charge on any atom is 0.335 e. The molecule has 1 aliphatic heterocycles. The summed E-state index contributed by atoms with van der Waals surface area (Å²) < 4.78 is 0. The van der Waals surface area contributed by atoms with Gasteiger partial charge in [0.25, 0.3) is 11.8 Å². The van der Waals surface area contributed by atoms with E-state index < -0.39 is 5.97 Å². The number of carboxylic acid groups (broad SMARTS) is 1. The minimum Gasteiger partial charge on any atom is -0.478 e. The highest BCUT2D eigenvalue weighted by Gasteiger charge is 2.23. The molecule has 0 atom stereocenters. The molecule has 2 amide bonds. The van der Waals surface area contributed by atoms with Crippen LogP contribution in [0.2, 0.25) is 0 Å². The molecular weight excluding hydrogens is 332 g/mol. The highest BCUT2D eigenvalue weighted by atomic mass is 16.4. The van der Waals surface area contributed by atoms with Crippen LogP contribution < -0.4 is 0 Å². The summed E-state index contributed by atoms with van der Waals surface area (Å²) in [5.74, 6) is -1.21. The van der Waals surface area contributed by atoms with Gasteiger partial charge in [0.05, 0.1) is 5.56 Å². The summed E-state index contributed by atoms with van der Waals surface area (Å²) in [6.07, 6.45) is 0.693. The van der Waals surface area contributed by atoms with Gasteiger partial charge in [0, 0.05) is 38.3 Å². The van der Waals surface area contributed by atoms with Crippen LogP contribution in [-0.4, -0.2) is 53.3 Å². The molecule has 3 rings (SSSR count). The topological polar surface area (TPSA) is 77.9 Å². The predicted molar refractivity (Wildman–Crippen MR) is 96.3 cm³/mol. The minimum absolute atomic E-state index is 0.114. The molecule has 0 saturated carbocycles. The molecular formula is C20H20N2O4. The van der Waals surface area contributed by atoms with Gasteiger partial charge in [-0.1, -0.05) is 6.07 Å². The number of carbonyl (C=O) groups excluding carboxylic acids is 2. The maximum atomic E-state index is 12.8. The first-order valence-corrected chi connectivity index (χ1v) is 8.33. The number of hydrogen-bond donors (Lipinski definition) is 1. The number of aromatic carboxylic acids is 1. The van der Waals surface area contributed by atoms with E-state index in [0.29, 0.717) is 30.6 Å². The number of carbonyl (C=O) groups is 3. The number of fused-ring (bicyclic) bond motifs is 1. The van der Waals surface area contributed by atoms with Gasteiger partial charge in [-0.25, -0.2) is 4.79 Å². The van der Waals surface area contributed by atoms with Crippen molar-refractivity contribution in [3.8, 4) is 0 Å². The van der Waals surface area contributed by atoms with Crippen molar-refractivity contribution >= 4 is 17.8 Å². The molecule has 0 unspecified atom stereocenters. The summed E-state index contributed by atoms with van der Waals surface area (Å²) in [5, 5.41) is 9.14. The zero-order valence-electron chi connectivity index (χ0n) is 14.7. The Morgan fingerprint density at radius 3 is 2.15 bits per heavy atom. The van der Waals surface area contributed by atoms with Crippen LogP contribution in [0.1, 0.15) is 42.2 Å². The predicted octanol–water partition coefficient (Wildman–Crippen LogP) is 2.29. The fourth-order valence-corrected chi connectivity index (χ4v) is 3.06. The average Bonchev–Trinajstić information content (AvgIpc) is 2.65. The smallest absolute Gasteiger partial charge is 0.335 e. The molecule has 134 valence electrons. The van der Waals surface area contributed by atoms with E-state index in [9.17, 15) is 14.4 Å². The van der Waals surface area contributed by atoms with Crippen LogP contribution in [0.15, 0.2) is 42.5 Å². The summed E-state index contributed by atoms with van der Waals surface area (Å²) in [4.78, 5) is 39.0. The number of nitrogens with zero attached hydrogens (tertiary/aromatic N) is 2. The van der Waals surface area contributed by atoms with Crippen LogP contribution in [0, 0.1) is 0 Å². The molecule has 2 aromatic rings. The highest BCUT2D eigenvalue weighted by Crippen LogP contribution is 2.22. The quantitative estimate of drug-likeness (QED) is 0.919. The lowest BCUT2D eigenvalue weighted by molar-refractivity contribution is 0.0696. The molecule has 0 aliphatic carbocycles. The van der Waals surface area contributed by atoms with Gasteiger partial charge in [-0.15, -0.1) is 0 Å². The average molecular weight is 352 g/mol. The van der Waals surface area contributed by atoms with E-state index in [1.165, 1.54) is 4.90 Å². The van der Waals surface area contributed by atoms with Gasteiger partial charge < -0.3 is 14.9 Å². The fourth-order valence-electron chi connectivity index (χ4n) is 3.06. The maximum absolute atomic E-state index is 12.8. The summed E-state index contributed by atoms with van der Waals surface area (Å²) in [7, 11) is 3.36. The van der Waals surface area contributed by atoms with Crippen molar-refractivity contribution in [2.24, 2.45) is 0 Å². The van der Waals surface area contributed by atoms with Crippen LogP contribution in [0.25, 0.3) is 0 Å². The van der Waals surface area contributed by atoms with Gasteiger partial charge in [-0.05, 0) is 53.9 Å². The monoisotopic (exact) mass is 352 g/mol. The second kappa shape index (κ2) is 7.00. The first kappa shape index (κ1) is 17.7. The normalized spacial score (nSPS) is 13.1. The standard InChI is InChI=1S/C20H20N2O4/c1-21(2)18(23)14-4-6-15(7-5-14)19(24)22-10-9-13-3-8-16(20(25)26)11-17(13)12-22/h3-8,11H,9-10,12H2,1-2H3,(H,25,26). The van der Waals surface area contributed by atoms with Crippen molar-refractivity contribution in [3.05, 3.63) is 70.3 Å². The lowest BCUT2D eigenvalue weighted by Crippen LogP contribution is -2.36. The zero-order chi connectivity index (χ0) is 18.8. The molecule has 2 aromatic carbocycles. The van der Waals surface area contributed by atoms with Crippen LogP contribution >= 0.6 is 0 Å². The molecule has 0 saturated heterocycles. The molecule has 1 aliphatic rings. The Labute approximate surface area is 151 Å². The van der Waals surface area contributed by atoms with E-state index in [-0.39, 0.29) is 17.4 Å². The third-order valence-corrected chi connectivity index (χ3v) is 4.54. The lowest BCUT2D eigenvalue weighted by Gasteiger charge is -2.29. The van der Waals surface area contributed by atoms with E-state index in [0.717, 1.165) is 11.1 Å². The number of amides is 2. The summed E-state index contributed by atoms with van der Waals surface area (Å²) in [6, 6.07) is 11.7. The number of rotatable bonds is 3. The Morgan fingerprint density at radius 2 is 1.54 bits per heavy atom. The van der Waals surface area contributed by atoms with Gasteiger partial charge in [-0.2, -0.15) is 0 Å². The van der Waals surface area contributed by atoms with Crippen molar-refractivity contribution in [2.45, 2.75) is 13.0 Å². The Kier molecular flexibility index (Phi) is 4.75. The minimum atomic E-state index is -0.975. The molecule has 0 radical (unpaired) electrons. The van der Waals surface area contributed by atoms with Crippen molar-refractivity contribution in [2.75, 3.05) is 20.6 Å². The van der Waals surface area contributed by atoms with E-state index in [1.807, 2.05) is 6.07 Å². The third-order valence-electron chi connectivity index (χ3n) is 4.54. The molecule has 6 nitrogen and oxygen atoms in total. The van der Waals surface area contributed by atoms with Crippen LogP contribution in [-0.2, 0) is 13.0 Å². The second-order valence-corrected chi connectivity index (χ2v) is 6.54. The molecule has 0 fully saturated rings. The van der Waals surface area contributed by atoms with Crippen molar-refractivity contribution in [1.29, 1.82) is 0 Å². The van der Waals surface area contributed by atoms with Crippen LogP contribution in [0.5, 0.6) is 0 Å². The highest BCUT2D eigenvalue weighted by molar-refractivity contribution is 5.97. The molecule has 0 aromatic heterocycles. The van der Waals surface area contributed by atoms with Gasteiger partial charge in [-0.3, -0.25) is 9.59 Å². The van der Waals surface area contributed by atoms with Crippen LogP contribution in [0.4, 0.5) is 0 Å². The zero-order valence-corrected chi connectivity index (χ0v) is 14.7. The fraction of sp³-hybridized carbons (Fsp3) is 0.250. The van der Waals surface area contributed by atoms with E-state index in [1.54, 1.807) is 55.4 Å². The number of benzene rings is 2. The van der Waals surface area contributed by atoms with Gasteiger partial charge in [0.15, 0.2) is 0 Å². The molecule has 6 heteroatoms. The Hall–Kier alpha value is -3.15. The summed E-state index contributed by atoms with van der Waals surface area (Å²) in [5.41, 5.74) is 3.21. The first-order chi connectivity index (χ1) is 12.4. The molecule has 0 bridgehead atoms. The van der Waals surface area contributed by atoms with Gasteiger partial charge in [0.1, 0.15) is 0 Å². The Bertz CT molecular complexity index is 872. The largest absolute Gasteiger partial charge is 0.478 e. The van der Waals surface area contributed by atoms with Gasteiger partial charge in [0.2, 0.25) is 0 Å². The SMILES string of the molecule is CN(C)C(=O)c1ccc(C(=O)N2CCc3ccc(C(=O)O)cc3C2)cc1. The molecule has 1 heterocycles. The van der Waals surface area contributed by atoms with Crippen LogP contribution in [0.3, 0.4) is 0 Å². The molecule has 1 N–H and O–H groups in total. The Morgan fingerprint density at radius 1 is 0.923 bits per heavy atom. The van der Waals surface area contributed by atoms with E-state index in [2.05, 4.69) is 0 Å².